The van der Waals surface area contributed by atoms with Crippen molar-refractivity contribution in [2.45, 2.75) is 26.8 Å². The summed E-state index contributed by atoms with van der Waals surface area (Å²) in [5.41, 5.74) is 5.60. The van der Waals surface area contributed by atoms with Crippen LogP contribution in [-0.4, -0.2) is 36.4 Å². The molecule has 0 amide bonds. The standard InChI is InChI=1S/C23H29N5O.HI/c1-17-14-18(2)28(27-17)22-11-6-5-9-20(22)16-26-23(24-3)25-13-12-19-8-7-10-21(15-19)29-4;/h5-11,14-15H,12-13,16H2,1-4H3,(H2,24,25,26);1H. The van der Waals surface area contributed by atoms with Gasteiger partial charge < -0.3 is 15.4 Å². The van der Waals surface area contributed by atoms with E-state index in [2.05, 4.69) is 58.0 Å². The first-order valence-corrected chi connectivity index (χ1v) is 9.79. The van der Waals surface area contributed by atoms with E-state index in [-0.39, 0.29) is 24.0 Å². The van der Waals surface area contributed by atoms with Crippen molar-refractivity contribution in [2.75, 3.05) is 20.7 Å². The molecule has 3 rings (SSSR count). The zero-order valence-corrected chi connectivity index (χ0v) is 20.3. The lowest BCUT2D eigenvalue weighted by atomic mass is 10.1. The van der Waals surface area contributed by atoms with Gasteiger partial charge in [-0.05, 0) is 55.7 Å². The quantitative estimate of drug-likeness (QED) is 0.281. The number of guanidine groups is 1. The van der Waals surface area contributed by atoms with Crippen LogP contribution in [-0.2, 0) is 13.0 Å². The van der Waals surface area contributed by atoms with E-state index in [1.54, 1.807) is 14.2 Å². The number of hydrogen-bond acceptors (Lipinski definition) is 3. The number of benzene rings is 2. The number of aliphatic imine (C=N–C) groups is 1. The molecular weight excluding hydrogens is 489 g/mol. The second-order valence-electron chi connectivity index (χ2n) is 6.92. The summed E-state index contributed by atoms with van der Waals surface area (Å²) < 4.78 is 7.28. The Morgan fingerprint density at radius 1 is 1.07 bits per heavy atom. The number of halogens is 1. The van der Waals surface area contributed by atoms with Gasteiger partial charge in [0.1, 0.15) is 5.75 Å². The zero-order valence-electron chi connectivity index (χ0n) is 18.0. The SMILES string of the molecule is CN=C(NCCc1cccc(OC)c1)NCc1ccccc1-n1nc(C)cc1C.I. The molecule has 0 unspecified atom stereocenters. The maximum atomic E-state index is 5.28. The van der Waals surface area contributed by atoms with E-state index in [4.69, 9.17) is 4.74 Å². The molecule has 6 nitrogen and oxygen atoms in total. The zero-order chi connectivity index (χ0) is 20.6. The second-order valence-corrected chi connectivity index (χ2v) is 6.92. The summed E-state index contributed by atoms with van der Waals surface area (Å²) in [5, 5.41) is 11.4. The van der Waals surface area contributed by atoms with Crippen LogP contribution < -0.4 is 15.4 Å². The number of methoxy groups -OCH3 is 1. The highest BCUT2D eigenvalue weighted by molar-refractivity contribution is 14.0. The first-order chi connectivity index (χ1) is 14.1. The molecule has 3 aromatic rings. The van der Waals surface area contributed by atoms with Gasteiger partial charge in [0.25, 0.3) is 0 Å². The fraction of sp³-hybridized carbons (Fsp3) is 0.304. The fourth-order valence-electron chi connectivity index (χ4n) is 3.29. The third kappa shape index (κ3) is 6.22. The molecule has 1 heterocycles. The Morgan fingerprint density at radius 2 is 1.87 bits per heavy atom. The Labute approximate surface area is 195 Å². The number of aryl methyl sites for hydroxylation is 2. The molecule has 160 valence electrons. The Bertz CT molecular complexity index is 983. The van der Waals surface area contributed by atoms with Gasteiger partial charge in [0.15, 0.2) is 5.96 Å². The minimum atomic E-state index is 0. The molecule has 1 aromatic heterocycles. The highest BCUT2D eigenvalue weighted by Crippen LogP contribution is 2.17. The van der Waals surface area contributed by atoms with Crippen molar-refractivity contribution in [1.29, 1.82) is 0 Å². The van der Waals surface area contributed by atoms with Gasteiger partial charge in [-0.1, -0.05) is 30.3 Å². The molecule has 30 heavy (non-hydrogen) atoms. The van der Waals surface area contributed by atoms with Crippen LogP contribution >= 0.6 is 24.0 Å². The van der Waals surface area contributed by atoms with Gasteiger partial charge in [0.05, 0.1) is 18.5 Å². The first kappa shape index (κ1) is 23.7. The van der Waals surface area contributed by atoms with E-state index >= 15 is 0 Å². The number of para-hydroxylation sites is 1. The summed E-state index contributed by atoms with van der Waals surface area (Å²) >= 11 is 0. The minimum absolute atomic E-state index is 0. The van der Waals surface area contributed by atoms with Gasteiger partial charge in [-0.15, -0.1) is 24.0 Å². The van der Waals surface area contributed by atoms with Crippen LogP contribution in [0.2, 0.25) is 0 Å². The summed E-state index contributed by atoms with van der Waals surface area (Å²) in [6, 6.07) is 18.5. The molecule has 0 aliphatic heterocycles. The summed E-state index contributed by atoms with van der Waals surface area (Å²) in [6.07, 6.45) is 0.889. The Hall–Kier alpha value is -2.55. The number of ether oxygens (including phenoxy) is 1. The van der Waals surface area contributed by atoms with Crippen LogP contribution in [0.25, 0.3) is 5.69 Å². The average Bonchev–Trinajstić information content (AvgIpc) is 3.08. The summed E-state index contributed by atoms with van der Waals surface area (Å²) in [7, 11) is 3.47. The number of rotatable bonds is 7. The van der Waals surface area contributed by atoms with E-state index < -0.39 is 0 Å². The van der Waals surface area contributed by atoms with Crippen molar-refractivity contribution in [3.63, 3.8) is 0 Å². The molecule has 0 aliphatic rings. The first-order valence-electron chi connectivity index (χ1n) is 9.79. The smallest absolute Gasteiger partial charge is 0.191 e. The number of nitrogens with one attached hydrogen (secondary N) is 2. The third-order valence-corrected chi connectivity index (χ3v) is 4.74. The molecule has 0 saturated carbocycles. The van der Waals surface area contributed by atoms with Crippen molar-refractivity contribution in [3.8, 4) is 11.4 Å². The van der Waals surface area contributed by atoms with E-state index in [0.717, 1.165) is 47.3 Å². The molecule has 2 aromatic carbocycles. The molecule has 0 radical (unpaired) electrons. The maximum Gasteiger partial charge on any atom is 0.191 e. The van der Waals surface area contributed by atoms with Crippen LogP contribution in [0.15, 0.2) is 59.6 Å². The molecular formula is C23H30IN5O. The van der Waals surface area contributed by atoms with Crippen molar-refractivity contribution < 1.29 is 4.74 Å². The van der Waals surface area contributed by atoms with Gasteiger partial charge in [-0.25, -0.2) is 4.68 Å². The second kappa shape index (κ2) is 11.6. The molecule has 0 bridgehead atoms. The highest BCUT2D eigenvalue weighted by Gasteiger charge is 2.09. The van der Waals surface area contributed by atoms with Gasteiger partial charge in [0.2, 0.25) is 0 Å². The number of aromatic nitrogens is 2. The topological polar surface area (TPSA) is 63.5 Å². The molecule has 0 spiro atoms. The summed E-state index contributed by atoms with van der Waals surface area (Å²) in [6.45, 7) is 5.53. The van der Waals surface area contributed by atoms with E-state index in [1.807, 2.05) is 35.9 Å². The van der Waals surface area contributed by atoms with Crippen molar-refractivity contribution >= 4 is 29.9 Å². The summed E-state index contributed by atoms with van der Waals surface area (Å²) in [5.74, 6) is 1.65. The third-order valence-electron chi connectivity index (χ3n) is 4.74. The molecule has 0 saturated heterocycles. The monoisotopic (exact) mass is 519 g/mol. The van der Waals surface area contributed by atoms with Crippen LogP contribution in [0.4, 0.5) is 0 Å². The van der Waals surface area contributed by atoms with Crippen molar-refractivity contribution in [3.05, 3.63) is 77.1 Å². The Balaban J connectivity index is 0.00000320. The Kier molecular flexibility index (Phi) is 9.16. The van der Waals surface area contributed by atoms with Gasteiger partial charge in [0, 0.05) is 25.8 Å². The van der Waals surface area contributed by atoms with Gasteiger partial charge in [-0.2, -0.15) is 5.10 Å². The lowest BCUT2D eigenvalue weighted by molar-refractivity contribution is 0.414. The number of hydrogen-bond donors (Lipinski definition) is 2. The predicted octanol–water partition coefficient (Wildman–Crippen LogP) is 4.02. The molecule has 0 atom stereocenters. The molecule has 0 aliphatic carbocycles. The van der Waals surface area contributed by atoms with Gasteiger partial charge >= 0.3 is 0 Å². The van der Waals surface area contributed by atoms with Crippen LogP contribution in [0.1, 0.15) is 22.5 Å². The minimum Gasteiger partial charge on any atom is -0.497 e. The molecule has 0 fully saturated rings. The van der Waals surface area contributed by atoms with Crippen molar-refractivity contribution in [2.24, 2.45) is 4.99 Å². The Morgan fingerprint density at radius 3 is 2.57 bits per heavy atom. The van der Waals surface area contributed by atoms with Crippen LogP contribution in [0.3, 0.4) is 0 Å². The van der Waals surface area contributed by atoms with E-state index in [9.17, 15) is 0 Å². The lowest BCUT2D eigenvalue weighted by Gasteiger charge is -2.15. The van der Waals surface area contributed by atoms with E-state index in [1.165, 1.54) is 5.56 Å². The number of nitrogens with zero attached hydrogens (tertiary/aromatic N) is 3. The highest BCUT2D eigenvalue weighted by atomic mass is 127. The van der Waals surface area contributed by atoms with Crippen molar-refractivity contribution in [1.82, 2.24) is 20.4 Å². The van der Waals surface area contributed by atoms with Gasteiger partial charge in [-0.3, -0.25) is 4.99 Å². The molecule has 2 N–H and O–H groups in total. The van der Waals surface area contributed by atoms with Crippen LogP contribution in [0.5, 0.6) is 5.75 Å². The largest absolute Gasteiger partial charge is 0.497 e. The predicted molar refractivity (Wildman–Crippen MR) is 133 cm³/mol. The fourth-order valence-corrected chi connectivity index (χ4v) is 3.29. The normalized spacial score (nSPS) is 11.0. The van der Waals surface area contributed by atoms with Crippen LogP contribution in [0, 0.1) is 13.8 Å². The maximum absolute atomic E-state index is 5.28. The molecule has 7 heteroatoms. The average molecular weight is 519 g/mol. The van der Waals surface area contributed by atoms with E-state index in [0.29, 0.717) is 6.54 Å². The summed E-state index contributed by atoms with van der Waals surface area (Å²) in [4.78, 5) is 4.34. The lowest BCUT2D eigenvalue weighted by Crippen LogP contribution is -2.38.